The van der Waals surface area contributed by atoms with Crippen LogP contribution in [-0.2, 0) is 0 Å². The molecule has 1 aromatic rings. The molecule has 100 valence electrons. The molecule has 0 N–H and O–H groups in total. The van der Waals surface area contributed by atoms with Crippen molar-refractivity contribution in [3.8, 4) is 0 Å². The van der Waals surface area contributed by atoms with Crippen molar-refractivity contribution in [2.45, 2.75) is 61.8 Å². The highest BCUT2D eigenvalue weighted by Crippen LogP contribution is 2.11. The Morgan fingerprint density at radius 1 is 0.941 bits per heavy atom. The molecular weight excluding hydrogens is 204 g/mol. The molecule has 17 heavy (non-hydrogen) atoms. The van der Waals surface area contributed by atoms with Gasteiger partial charge >= 0.3 is 0 Å². The second-order valence-electron chi connectivity index (χ2n) is 3.04. The van der Waals surface area contributed by atoms with E-state index in [4.69, 9.17) is 0 Å². The Morgan fingerprint density at radius 2 is 1.29 bits per heavy atom. The molecule has 0 nitrogen and oxygen atoms in total. The number of benzene rings is 1. The SMILES string of the molecule is C/C=C(\C)c1ccccc1.CC.CC.CCC. The fourth-order valence-electron chi connectivity index (χ4n) is 0.868. The van der Waals surface area contributed by atoms with Crippen molar-refractivity contribution in [3.63, 3.8) is 0 Å². The average molecular weight is 236 g/mol. The second kappa shape index (κ2) is 20.4. The predicted octanol–water partition coefficient (Wildman–Crippen LogP) is 6.58. The summed E-state index contributed by atoms with van der Waals surface area (Å²) in [4.78, 5) is 0. The summed E-state index contributed by atoms with van der Waals surface area (Å²) < 4.78 is 0. The minimum Gasteiger partial charge on any atom is -0.0841 e. The van der Waals surface area contributed by atoms with Gasteiger partial charge in [0.05, 0.1) is 0 Å². The van der Waals surface area contributed by atoms with Crippen LogP contribution in [0.2, 0.25) is 0 Å². The number of rotatable bonds is 1. The van der Waals surface area contributed by atoms with Crippen LogP contribution in [0.1, 0.15) is 67.4 Å². The molecule has 0 amide bonds. The first-order valence-corrected chi connectivity index (χ1v) is 6.94. The van der Waals surface area contributed by atoms with Crippen molar-refractivity contribution in [2.24, 2.45) is 0 Å². The Bertz CT molecular complexity index is 231. The first kappa shape index (κ1) is 21.3. The summed E-state index contributed by atoms with van der Waals surface area (Å²) in [6, 6.07) is 10.4. The number of allylic oxidation sites excluding steroid dienone is 2. The van der Waals surface area contributed by atoms with Crippen molar-refractivity contribution >= 4 is 5.57 Å². The lowest BCUT2D eigenvalue weighted by Gasteiger charge is -1.97. The quantitative estimate of drug-likeness (QED) is 0.516. The lowest BCUT2D eigenvalue weighted by atomic mass is 10.1. The topological polar surface area (TPSA) is 0 Å². The van der Waals surface area contributed by atoms with E-state index in [0.717, 1.165) is 0 Å². The third-order valence-electron chi connectivity index (χ3n) is 1.66. The summed E-state index contributed by atoms with van der Waals surface area (Å²) in [6.45, 7) is 16.4. The highest BCUT2D eigenvalue weighted by atomic mass is 13.9. The normalized spacial score (nSPS) is 8.59. The van der Waals surface area contributed by atoms with Gasteiger partial charge < -0.3 is 0 Å². The second-order valence-corrected chi connectivity index (χ2v) is 3.04. The molecule has 0 aliphatic carbocycles. The predicted molar refractivity (Wildman–Crippen MR) is 84.4 cm³/mol. The molecule has 0 bridgehead atoms. The molecule has 0 spiro atoms. The minimum atomic E-state index is 1.25. The molecule has 0 saturated carbocycles. The lowest BCUT2D eigenvalue weighted by molar-refractivity contribution is 1.09. The Hall–Kier alpha value is -1.04. The van der Waals surface area contributed by atoms with E-state index in [9.17, 15) is 0 Å². The third-order valence-corrected chi connectivity index (χ3v) is 1.66. The van der Waals surface area contributed by atoms with Gasteiger partial charge in [0.1, 0.15) is 0 Å². The Morgan fingerprint density at radius 3 is 1.59 bits per heavy atom. The maximum absolute atomic E-state index is 2.12. The van der Waals surface area contributed by atoms with Gasteiger partial charge in [-0.15, -0.1) is 0 Å². The first-order valence-electron chi connectivity index (χ1n) is 6.94. The van der Waals surface area contributed by atoms with Crippen molar-refractivity contribution in [3.05, 3.63) is 42.0 Å². The number of hydrogen-bond acceptors (Lipinski definition) is 0. The van der Waals surface area contributed by atoms with Crippen LogP contribution < -0.4 is 0 Å². The van der Waals surface area contributed by atoms with Gasteiger partial charge in [0, 0.05) is 0 Å². The molecule has 0 atom stereocenters. The van der Waals surface area contributed by atoms with E-state index in [1.165, 1.54) is 17.6 Å². The fourth-order valence-corrected chi connectivity index (χ4v) is 0.868. The van der Waals surface area contributed by atoms with Crippen molar-refractivity contribution in [2.75, 3.05) is 0 Å². The third kappa shape index (κ3) is 15.0. The van der Waals surface area contributed by atoms with Gasteiger partial charge in [-0.3, -0.25) is 0 Å². The van der Waals surface area contributed by atoms with Crippen molar-refractivity contribution in [1.29, 1.82) is 0 Å². The molecule has 1 aromatic carbocycles. The first-order chi connectivity index (χ1) is 8.26. The molecule has 1 rings (SSSR count). The lowest BCUT2D eigenvalue weighted by Crippen LogP contribution is -1.75. The van der Waals surface area contributed by atoms with E-state index >= 15 is 0 Å². The van der Waals surface area contributed by atoms with Crippen LogP contribution in [0, 0.1) is 0 Å². The van der Waals surface area contributed by atoms with E-state index in [-0.39, 0.29) is 0 Å². The molecule has 0 unspecified atom stereocenters. The highest BCUT2D eigenvalue weighted by molar-refractivity contribution is 5.62. The zero-order valence-electron chi connectivity index (χ0n) is 13.2. The Balaban J connectivity index is -0.000000239. The minimum absolute atomic E-state index is 1.25. The monoisotopic (exact) mass is 236 g/mol. The van der Waals surface area contributed by atoms with Crippen LogP contribution in [0.5, 0.6) is 0 Å². The van der Waals surface area contributed by atoms with E-state index < -0.39 is 0 Å². The van der Waals surface area contributed by atoms with Gasteiger partial charge in [-0.1, -0.05) is 84.4 Å². The van der Waals surface area contributed by atoms with Crippen LogP contribution in [0.3, 0.4) is 0 Å². The molecular formula is C17H32. The van der Waals surface area contributed by atoms with Crippen LogP contribution in [0.15, 0.2) is 36.4 Å². The Kier molecular flexibility index (Phi) is 25.5. The van der Waals surface area contributed by atoms with Gasteiger partial charge in [0.15, 0.2) is 0 Å². The summed E-state index contributed by atoms with van der Waals surface area (Å²) in [6.07, 6.45) is 3.37. The summed E-state index contributed by atoms with van der Waals surface area (Å²) in [5.74, 6) is 0. The van der Waals surface area contributed by atoms with Crippen molar-refractivity contribution < 1.29 is 0 Å². The largest absolute Gasteiger partial charge is 0.0841 e. The van der Waals surface area contributed by atoms with Gasteiger partial charge in [-0.05, 0) is 25.0 Å². The van der Waals surface area contributed by atoms with Crippen LogP contribution in [-0.4, -0.2) is 0 Å². The van der Waals surface area contributed by atoms with Crippen LogP contribution in [0.4, 0.5) is 0 Å². The van der Waals surface area contributed by atoms with E-state index in [2.05, 4.69) is 58.0 Å². The van der Waals surface area contributed by atoms with E-state index in [1.54, 1.807) is 0 Å². The summed E-state index contributed by atoms with van der Waals surface area (Å²) in [5, 5.41) is 0. The average Bonchev–Trinajstić information content (AvgIpc) is 2.44. The van der Waals surface area contributed by atoms with Gasteiger partial charge in [-0.25, -0.2) is 0 Å². The smallest absolute Gasteiger partial charge is 0.0231 e. The molecule has 0 fully saturated rings. The number of hydrogen-bond donors (Lipinski definition) is 0. The van der Waals surface area contributed by atoms with E-state index in [1.807, 2.05) is 33.8 Å². The Labute approximate surface area is 110 Å². The summed E-state index contributed by atoms with van der Waals surface area (Å²) >= 11 is 0. The molecule has 0 heteroatoms. The van der Waals surface area contributed by atoms with Gasteiger partial charge in [-0.2, -0.15) is 0 Å². The van der Waals surface area contributed by atoms with Crippen LogP contribution in [0.25, 0.3) is 5.57 Å². The molecule has 0 saturated heterocycles. The molecule has 0 radical (unpaired) electrons. The fraction of sp³-hybridized carbons (Fsp3) is 0.529. The zero-order valence-corrected chi connectivity index (χ0v) is 13.2. The zero-order chi connectivity index (χ0) is 14.1. The maximum Gasteiger partial charge on any atom is -0.0231 e. The highest BCUT2D eigenvalue weighted by Gasteiger charge is 1.88. The van der Waals surface area contributed by atoms with Crippen LogP contribution >= 0.6 is 0 Å². The van der Waals surface area contributed by atoms with Gasteiger partial charge in [0.2, 0.25) is 0 Å². The summed E-state index contributed by atoms with van der Waals surface area (Å²) in [7, 11) is 0. The standard InChI is InChI=1S/C10H12.C3H8.2C2H6/c1-3-9(2)10-7-5-4-6-8-10;1-3-2;2*1-2/h3-8H,1-2H3;3H2,1-2H3;2*1-2H3/b9-3+;;;. The van der Waals surface area contributed by atoms with Crippen molar-refractivity contribution in [1.82, 2.24) is 0 Å². The van der Waals surface area contributed by atoms with E-state index in [0.29, 0.717) is 0 Å². The molecule has 0 aromatic heterocycles. The molecule has 0 heterocycles. The summed E-state index contributed by atoms with van der Waals surface area (Å²) in [5.41, 5.74) is 2.64. The molecule has 0 aliphatic heterocycles. The maximum atomic E-state index is 2.12. The molecule has 0 aliphatic rings. The van der Waals surface area contributed by atoms with Gasteiger partial charge in [0.25, 0.3) is 0 Å².